The molecule has 128 valence electrons. The molecule has 1 aliphatic rings. The summed E-state index contributed by atoms with van der Waals surface area (Å²) in [5, 5.41) is 0.168. The molecule has 0 aliphatic heterocycles. The molecule has 2 nitrogen and oxygen atoms in total. The SMILES string of the molecule is CC1(c2cc(C=O)ccc2O[Si](C)(C)C(C)(C)C)CCCCC1. The van der Waals surface area contributed by atoms with E-state index in [4.69, 9.17) is 4.43 Å². The van der Waals surface area contributed by atoms with Gasteiger partial charge in [0.15, 0.2) is 0 Å². The van der Waals surface area contributed by atoms with Gasteiger partial charge in [-0.2, -0.15) is 0 Å². The number of hydrogen-bond donors (Lipinski definition) is 0. The van der Waals surface area contributed by atoms with E-state index >= 15 is 0 Å². The number of carbonyl (C=O) groups is 1. The van der Waals surface area contributed by atoms with Crippen LogP contribution in [0, 0.1) is 0 Å². The summed E-state index contributed by atoms with van der Waals surface area (Å²) in [5.74, 6) is 1.01. The van der Waals surface area contributed by atoms with Crippen LogP contribution in [0.1, 0.15) is 75.7 Å². The molecule has 3 heteroatoms. The van der Waals surface area contributed by atoms with Crippen LogP contribution < -0.4 is 4.43 Å². The molecule has 0 radical (unpaired) electrons. The highest BCUT2D eigenvalue weighted by Gasteiger charge is 2.40. The summed E-state index contributed by atoms with van der Waals surface area (Å²) in [5.41, 5.74) is 2.13. The van der Waals surface area contributed by atoms with Gasteiger partial charge in [0.1, 0.15) is 12.0 Å². The largest absolute Gasteiger partial charge is 0.543 e. The lowest BCUT2D eigenvalue weighted by atomic mass is 9.70. The highest BCUT2D eigenvalue weighted by atomic mass is 28.4. The van der Waals surface area contributed by atoms with Crippen molar-refractivity contribution in [2.24, 2.45) is 0 Å². The van der Waals surface area contributed by atoms with E-state index in [1.807, 2.05) is 12.1 Å². The number of rotatable bonds is 4. The summed E-state index contributed by atoms with van der Waals surface area (Å²) in [6, 6.07) is 5.99. The molecule has 1 fully saturated rings. The fourth-order valence-corrected chi connectivity index (χ4v) is 4.24. The molecular formula is C20H32O2Si. The van der Waals surface area contributed by atoms with Crippen molar-refractivity contribution in [2.45, 2.75) is 83.3 Å². The van der Waals surface area contributed by atoms with Gasteiger partial charge in [0.25, 0.3) is 0 Å². The molecule has 0 amide bonds. The van der Waals surface area contributed by atoms with Crippen LogP contribution in [-0.4, -0.2) is 14.6 Å². The standard InChI is InChI=1S/C20H32O2Si/c1-19(2,3)23(5,6)22-18-11-10-16(15-21)14-17(18)20(4)12-8-7-9-13-20/h10-11,14-15H,7-9,12-13H2,1-6H3. The molecule has 2 rings (SSSR count). The number of aldehydes is 1. The van der Waals surface area contributed by atoms with Gasteiger partial charge in [-0.3, -0.25) is 4.79 Å². The second-order valence-electron chi connectivity index (χ2n) is 8.86. The first-order valence-corrected chi connectivity index (χ1v) is 11.8. The molecule has 23 heavy (non-hydrogen) atoms. The Morgan fingerprint density at radius 2 is 1.74 bits per heavy atom. The van der Waals surface area contributed by atoms with Gasteiger partial charge < -0.3 is 4.43 Å². The lowest BCUT2D eigenvalue weighted by Gasteiger charge is -2.40. The van der Waals surface area contributed by atoms with Crippen molar-refractivity contribution in [1.29, 1.82) is 0 Å². The van der Waals surface area contributed by atoms with E-state index < -0.39 is 8.32 Å². The minimum atomic E-state index is -1.89. The Hall–Kier alpha value is -1.09. The van der Waals surface area contributed by atoms with Gasteiger partial charge in [0.2, 0.25) is 8.32 Å². The van der Waals surface area contributed by atoms with Crippen LogP contribution in [0.25, 0.3) is 0 Å². The van der Waals surface area contributed by atoms with Crippen LogP contribution in [-0.2, 0) is 5.41 Å². The molecule has 1 aromatic rings. The maximum absolute atomic E-state index is 11.3. The van der Waals surface area contributed by atoms with Crippen LogP contribution in [0.15, 0.2) is 18.2 Å². The Balaban J connectivity index is 2.45. The maximum atomic E-state index is 11.3. The zero-order valence-corrected chi connectivity index (χ0v) is 16.7. The average molecular weight is 333 g/mol. The van der Waals surface area contributed by atoms with Gasteiger partial charge >= 0.3 is 0 Å². The third-order valence-electron chi connectivity index (χ3n) is 5.92. The predicted molar refractivity (Wildman–Crippen MR) is 100 cm³/mol. The third kappa shape index (κ3) is 3.88. The molecule has 0 unspecified atom stereocenters. The van der Waals surface area contributed by atoms with Gasteiger partial charge in [-0.15, -0.1) is 0 Å². The van der Waals surface area contributed by atoms with Crippen LogP contribution >= 0.6 is 0 Å². The molecule has 0 aromatic heterocycles. The number of benzene rings is 1. The third-order valence-corrected chi connectivity index (χ3v) is 10.3. The van der Waals surface area contributed by atoms with Crippen molar-refractivity contribution in [3.8, 4) is 5.75 Å². The quantitative estimate of drug-likeness (QED) is 0.491. The number of carbonyl (C=O) groups excluding carboxylic acids is 1. The second-order valence-corrected chi connectivity index (χ2v) is 13.6. The van der Waals surface area contributed by atoms with Crippen molar-refractivity contribution < 1.29 is 9.22 Å². The van der Waals surface area contributed by atoms with E-state index in [-0.39, 0.29) is 10.5 Å². The first-order chi connectivity index (χ1) is 10.6. The fraction of sp³-hybridized carbons (Fsp3) is 0.650. The van der Waals surface area contributed by atoms with Gasteiger partial charge in [-0.1, -0.05) is 47.0 Å². The molecule has 0 spiro atoms. The Labute approximate surface area is 142 Å². The molecule has 1 aromatic carbocycles. The Bertz CT molecular complexity index is 563. The summed E-state index contributed by atoms with van der Waals surface area (Å²) in [6.07, 6.45) is 7.17. The normalized spacial score (nSPS) is 18.5. The van der Waals surface area contributed by atoms with Crippen molar-refractivity contribution in [1.82, 2.24) is 0 Å². The van der Waals surface area contributed by atoms with Gasteiger partial charge in [0.05, 0.1) is 0 Å². The van der Waals surface area contributed by atoms with E-state index in [1.165, 1.54) is 37.7 Å². The lowest BCUT2D eigenvalue weighted by molar-refractivity contribution is 0.112. The van der Waals surface area contributed by atoms with Crippen molar-refractivity contribution >= 4 is 14.6 Å². The molecule has 0 heterocycles. The summed E-state index contributed by atoms with van der Waals surface area (Å²) in [7, 11) is -1.89. The van der Waals surface area contributed by atoms with E-state index in [2.05, 4.69) is 46.9 Å². The predicted octanol–water partition coefficient (Wildman–Crippen LogP) is 6.10. The fourth-order valence-electron chi connectivity index (χ4n) is 3.21. The molecule has 0 bridgehead atoms. The highest BCUT2D eigenvalue weighted by Crippen LogP contribution is 2.45. The summed E-state index contributed by atoms with van der Waals surface area (Å²) < 4.78 is 6.64. The first kappa shape index (κ1) is 18.2. The Morgan fingerprint density at radius 1 is 1.13 bits per heavy atom. The maximum Gasteiger partial charge on any atom is 0.250 e. The summed E-state index contributed by atoms with van der Waals surface area (Å²) >= 11 is 0. The molecule has 0 N–H and O–H groups in total. The Kier molecular flexibility index (Phi) is 5.10. The molecule has 1 aliphatic carbocycles. The highest BCUT2D eigenvalue weighted by molar-refractivity contribution is 6.74. The molecule has 1 saturated carbocycles. The van der Waals surface area contributed by atoms with Gasteiger partial charge in [0, 0.05) is 5.56 Å². The molecule has 0 saturated heterocycles. The molecule has 0 atom stereocenters. The van der Waals surface area contributed by atoms with E-state index in [0.29, 0.717) is 0 Å². The van der Waals surface area contributed by atoms with Crippen LogP contribution in [0.2, 0.25) is 18.1 Å². The minimum Gasteiger partial charge on any atom is -0.543 e. The monoisotopic (exact) mass is 332 g/mol. The zero-order chi connectivity index (χ0) is 17.3. The zero-order valence-electron chi connectivity index (χ0n) is 15.7. The Morgan fingerprint density at radius 3 is 2.26 bits per heavy atom. The van der Waals surface area contributed by atoms with Crippen molar-refractivity contribution in [3.63, 3.8) is 0 Å². The van der Waals surface area contributed by atoms with Gasteiger partial charge in [-0.05, 0) is 60.2 Å². The van der Waals surface area contributed by atoms with Crippen LogP contribution in [0.4, 0.5) is 0 Å². The number of hydrogen-bond acceptors (Lipinski definition) is 2. The van der Waals surface area contributed by atoms with Crippen LogP contribution in [0.3, 0.4) is 0 Å². The lowest BCUT2D eigenvalue weighted by Crippen LogP contribution is -2.44. The second kappa shape index (κ2) is 6.43. The van der Waals surface area contributed by atoms with Crippen molar-refractivity contribution in [3.05, 3.63) is 29.3 Å². The summed E-state index contributed by atoms with van der Waals surface area (Å²) in [6.45, 7) is 13.7. The van der Waals surface area contributed by atoms with Gasteiger partial charge in [-0.25, -0.2) is 0 Å². The smallest absolute Gasteiger partial charge is 0.250 e. The topological polar surface area (TPSA) is 26.3 Å². The molecular weight excluding hydrogens is 300 g/mol. The van der Waals surface area contributed by atoms with Crippen molar-refractivity contribution in [2.75, 3.05) is 0 Å². The van der Waals surface area contributed by atoms with E-state index in [1.54, 1.807) is 0 Å². The average Bonchev–Trinajstić information content (AvgIpc) is 2.46. The van der Waals surface area contributed by atoms with E-state index in [0.717, 1.165) is 17.6 Å². The van der Waals surface area contributed by atoms with E-state index in [9.17, 15) is 4.79 Å². The first-order valence-electron chi connectivity index (χ1n) is 8.88. The summed E-state index contributed by atoms with van der Waals surface area (Å²) in [4.78, 5) is 11.3. The minimum absolute atomic E-state index is 0.134. The van der Waals surface area contributed by atoms with Crippen LogP contribution in [0.5, 0.6) is 5.75 Å².